The smallest absolute Gasteiger partial charge is 0.0315 e. The summed E-state index contributed by atoms with van der Waals surface area (Å²) >= 11 is 0. The summed E-state index contributed by atoms with van der Waals surface area (Å²) < 4.78 is 0. The molecule has 1 N–H and O–H groups in total. The third-order valence-corrected chi connectivity index (χ3v) is 4.01. The molecule has 0 bridgehead atoms. The number of fused-ring (bicyclic) bond motifs is 1. The molecule has 1 fully saturated rings. The lowest BCUT2D eigenvalue weighted by atomic mass is 9.71. The van der Waals surface area contributed by atoms with Gasteiger partial charge < -0.3 is 5.32 Å². The average molecular weight is 214 g/mol. The van der Waals surface area contributed by atoms with Crippen LogP contribution in [0.5, 0.6) is 0 Å². The highest BCUT2D eigenvalue weighted by atomic mass is 15.0. The van der Waals surface area contributed by atoms with Gasteiger partial charge in [0.1, 0.15) is 0 Å². The van der Waals surface area contributed by atoms with Crippen molar-refractivity contribution in [1.29, 1.82) is 0 Å². The molecule has 3 rings (SSSR count). The molecular formula is C14H18N2. The molecule has 3 unspecified atom stereocenters. The Bertz CT molecular complexity index is 385. The normalized spacial score (nSPS) is 33.2. The van der Waals surface area contributed by atoms with Gasteiger partial charge in [-0.1, -0.05) is 18.2 Å². The van der Waals surface area contributed by atoms with Crippen LogP contribution in [0.25, 0.3) is 0 Å². The van der Waals surface area contributed by atoms with E-state index in [1.807, 2.05) is 18.5 Å². The molecule has 2 nitrogen and oxygen atoms in total. The monoisotopic (exact) mass is 214 g/mol. The molecule has 0 radical (unpaired) electrons. The predicted octanol–water partition coefficient (Wildman–Crippen LogP) is 2.70. The van der Waals surface area contributed by atoms with Gasteiger partial charge in [-0.15, -0.1) is 0 Å². The van der Waals surface area contributed by atoms with Crippen molar-refractivity contribution in [2.75, 3.05) is 0 Å². The van der Waals surface area contributed by atoms with Crippen LogP contribution in [-0.4, -0.2) is 11.0 Å². The van der Waals surface area contributed by atoms with E-state index in [0.29, 0.717) is 12.1 Å². The molecule has 1 saturated carbocycles. The molecule has 2 aliphatic rings. The van der Waals surface area contributed by atoms with Crippen molar-refractivity contribution >= 4 is 0 Å². The fourth-order valence-electron chi connectivity index (χ4n) is 2.96. The van der Waals surface area contributed by atoms with Crippen LogP contribution in [0.3, 0.4) is 0 Å². The van der Waals surface area contributed by atoms with Gasteiger partial charge in [0.2, 0.25) is 0 Å². The SMILES string of the molecule is C[C@H](NC1CC2CC=CC21)c1cccnc1. The molecule has 0 aromatic carbocycles. The van der Waals surface area contributed by atoms with E-state index >= 15 is 0 Å². The lowest BCUT2D eigenvalue weighted by molar-refractivity contribution is 0.152. The van der Waals surface area contributed by atoms with Gasteiger partial charge in [0.15, 0.2) is 0 Å². The van der Waals surface area contributed by atoms with E-state index in [2.05, 4.69) is 35.4 Å². The molecule has 0 amide bonds. The molecule has 2 aliphatic carbocycles. The molecule has 0 spiro atoms. The van der Waals surface area contributed by atoms with Crippen LogP contribution in [-0.2, 0) is 0 Å². The Hall–Kier alpha value is -1.15. The summed E-state index contributed by atoms with van der Waals surface area (Å²) in [6.45, 7) is 2.23. The first-order valence-electron chi connectivity index (χ1n) is 6.17. The van der Waals surface area contributed by atoms with Gasteiger partial charge in [-0.25, -0.2) is 0 Å². The fourth-order valence-corrected chi connectivity index (χ4v) is 2.96. The third kappa shape index (κ3) is 1.67. The summed E-state index contributed by atoms with van der Waals surface area (Å²) in [5.41, 5.74) is 1.29. The van der Waals surface area contributed by atoms with Crippen LogP contribution < -0.4 is 5.32 Å². The van der Waals surface area contributed by atoms with Gasteiger partial charge in [0.05, 0.1) is 0 Å². The van der Waals surface area contributed by atoms with Crippen molar-refractivity contribution in [3.63, 3.8) is 0 Å². The van der Waals surface area contributed by atoms with Crippen molar-refractivity contribution in [3.8, 4) is 0 Å². The summed E-state index contributed by atoms with van der Waals surface area (Å²) in [6.07, 6.45) is 11.1. The topological polar surface area (TPSA) is 24.9 Å². The van der Waals surface area contributed by atoms with Crippen LogP contribution in [0.4, 0.5) is 0 Å². The Morgan fingerprint density at radius 3 is 3.19 bits per heavy atom. The van der Waals surface area contributed by atoms with Crippen LogP contribution in [0.1, 0.15) is 31.4 Å². The summed E-state index contributed by atoms with van der Waals surface area (Å²) in [5, 5.41) is 3.71. The second-order valence-electron chi connectivity index (χ2n) is 5.02. The van der Waals surface area contributed by atoms with Crippen molar-refractivity contribution in [2.24, 2.45) is 11.8 Å². The number of hydrogen-bond acceptors (Lipinski definition) is 2. The van der Waals surface area contributed by atoms with E-state index < -0.39 is 0 Å². The maximum absolute atomic E-state index is 4.17. The average Bonchev–Trinajstić information content (AvgIpc) is 2.68. The zero-order chi connectivity index (χ0) is 11.0. The van der Waals surface area contributed by atoms with E-state index in [9.17, 15) is 0 Å². The predicted molar refractivity (Wildman–Crippen MR) is 64.9 cm³/mol. The molecular weight excluding hydrogens is 196 g/mol. The number of aromatic nitrogens is 1. The lowest BCUT2D eigenvalue weighted by Gasteiger charge is -2.42. The van der Waals surface area contributed by atoms with E-state index in [-0.39, 0.29) is 0 Å². The van der Waals surface area contributed by atoms with Gasteiger partial charge in [-0.05, 0) is 43.2 Å². The zero-order valence-electron chi connectivity index (χ0n) is 9.63. The summed E-state index contributed by atoms with van der Waals surface area (Å²) in [7, 11) is 0. The van der Waals surface area contributed by atoms with E-state index in [0.717, 1.165) is 11.8 Å². The molecule has 16 heavy (non-hydrogen) atoms. The molecule has 0 aliphatic heterocycles. The Labute approximate surface area is 96.8 Å². The van der Waals surface area contributed by atoms with Gasteiger partial charge in [-0.2, -0.15) is 0 Å². The number of nitrogens with zero attached hydrogens (tertiary/aromatic N) is 1. The molecule has 1 heterocycles. The number of allylic oxidation sites excluding steroid dienone is 1. The maximum Gasteiger partial charge on any atom is 0.0315 e. The molecule has 84 valence electrons. The minimum atomic E-state index is 0.411. The lowest BCUT2D eigenvalue weighted by Crippen LogP contribution is -2.48. The first-order valence-corrected chi connectivity index (χ1v) is 6.17. The summed E-state index contributed by atoms with van der Waals surface area (Å²) in [5.74, 6) is 1.72. The first kappa shape index (κ1) is 10.0. The zero-order valence-corrected chi connectivity index (χ0v) is 9.63. The molecule has 4 atom stereocenters. The molecule has 1 aromatic rings. The molecule has 0 saturated heterocycles. The van der Waals surface area contributed by atoms with Gasteiger partial charge >= 0.3 is 0 Å². The highest BCUT2D eigenvalue weighted by molar-refractivity contribution is 5.17. The number of nitrogens with one attached hydrogen (secondary N) is 1. The molecule has 1 aromatic heterocycles. The van der Waals surface area contributed by atoms with Gasteiger partial charge in [-0.3, -0.25) is 4.98 Å². The highest BCUT2D eigenvalue weighted by Gasteiger charge is 2.41. The maximum atomic E-state index is 4.17. The largest absolute Gasteiger partial charge is 0.307 e. The number of hydrogen-bond donors (Lipinski definition) is 1. The fraction of sp³-hybridized carbons (Fsp3) is 0.500. The minimum Gasteiger partial charge on any atom is -0.307 e. The van der Waals surface area contributed by atoms with Crippen LogP contribution in [0.15, 0.2) is 36.7 Å². The van der Waals surface area contributed by atoms with Crippen molar-refractivity contribution < 1.29 is 0 Å². The van der Waals surface area contributed by atoms with Crippen LogP contribution in [0, 0.1) is 11.8 Å². The summed E-state index contributed by atoms with van der Waals surface area (Å²) in [4.78, 5) is 4.17. The summed E-state index contributed by atoms with van der Waals surface area (Å²) in [6, 6.07) is 5.24. The number of rotatable bonds is 3. The van der Waals surface area contributed by atoms with E-state index in [4.69, 9.17) is 0 Å². The first-order chi connectivity index (χ1) is 7.84. The van der Waals surface area contributed by atoms with Crippen LogP contribution >= 0.6 is 0 Å². The molecule has 2 heteroatoms. The Kier molecular flexibility index (Phi) is 2.52. The standard InChI is InChI=1S/C14H18N2/c1-10(12-5-3-7-15-9-12)16-14-8-11-4-2-6-13(11)14/h2-3,5-7,9-11,13-14,16H,4,8H2,1H3/t10-,11?,13?,14?/m0/s1. The quantitative estimate of drug-likeness (QED) is 0.782. The third-order valence-electron chi connectivity index (χ3n) is 4.01. The minimum absolute atomic E-state index is 0.411. The second kappa shape index (κ2) is 4.02. The van der Waals surface area contributed by atoms with Gasteiger partial charge in [0, 0.05) is 24.5 Å². The van der Waals surface area contributed by atoms with E-state index in [1.165, 1.54) is 18.4 Å². The van der Waals surface area contributed by atoms with Crippen molar-refractivity contribution in [3.05, 3.63) is 42.2 Å². The Morgan fingerprint density at radius 2 is 2.44 bits per heavy atom. The number of pyridine rings is 1. The van der Waals surface area contributed by atoms with Gasteiger partial charge in [0.25, 0.3) is 0 Å². The highest BCUT2D eigenvalue weighted by Crippen LogP contribution is 2.43. The Balaban J connectivity index is 1.61. The van der Waals surface area contributed by atoms with Crippen LogP contribution in [0.2, 0.25) is 0 Å². The van der Waals surface area contributed by atoms with Crippen molar-refractivity contribution in [2.45, 2.75) is 31.8 Å². The van der Waals surface area contributed by atoms with E-state index in [1.54, 1.807) is 0 Å². The second-order valence-corrected chi connectivity index (χ2v) is 5.02. The Morgan fingerprint density at radius 1 is 1.50 bits per heavy atom. The van der Waals surface area contributed by atoms with Crippen molar-refractivity contribution in [1.82, 2.24) is 10.3 Å².